The van der Waals surface area contributed by atoms with Gasteiger partial charge in [0.2, 0.25) is 10.0 Å². The summed E-state index contributed by atoms with van der Waals surface area (Å²) in [5.74, 6) is 2.12. The van der Waals surface area contributed by atoms with Gasteiger partial charge < -0.3 is 9.30 Å². The van der Waals surface area contributed by atoms with E-state index in [1.807, 2.05) is 22.8 Å². The van der Waals surface area contributed by atoms with Gasteiger partial charge in [-0.25, -0.2) is 12.8 Å². The Morgan fingerprint density at radius 2 is 1.94 bits per heavy atom. The molecular formula is C23H22FN3O4S2. The second kappa shape index (κ2) is 9.47. The highest BCUT2D eigenvalue weighted by molar-refractivity contribution is 7.89. The van der Waals surface area contributed by atoms with E-state index < -0.39 is 15.8 Å². The molecule has 1 fully saturated rings. The molecule has 4 rings (SSSR count). The number of halogens is 1. The summed E-state index contributed by atoms with van der Waals surface area (Å²) in [4.78, 5) is 17.8. The molecular weight excluding hydrogens is 465 g/mol. The maximum Gasteiger partial charge on any atom is 0.251 e. The Bertz CT molecular complexity index is 1390. The summed E-state index contributed by atoms with van der Waals surface area (Å²) in [6.45, 7) is 0.659. The smallest absolute Gasteiger partial charge is 0.251 e. The lowest BCUT2D eigenvalue weighted by Crippen LogP contribution is -2.40. The first-order valence-corrected chi connectivity index (χ1v) is 12.5. The number of ether oxygens (including phenoxy) is 1. The molecule has 0 saturated carbocycles. The van der Waals surface area contributed by atoms with Crippen LogP contribution >= 0.6 is 11.3 Å². The minimum atomic E-state index is -3.74. The molecule has 0 N–H and O–H groups in total. The van der Waals surface area contributed by atoms with Crippen molar-refractivity contribution in [3.63, 3.8) is 0 Å². The van der Waals surface area contributed by atoms with Gasteiger partial charge in [0.1, 0.15) is 11.6 Å². The zero-order valence-corrected chi connectivity index (χ0v) is 19.5. The fraction of sp³-hybridized carbons (Fsp3) is 0.304. The second-order valence-electron chi connectivity index (χ2n) is 7.59. The van der Waals surface area contributed by atoms with Crippen LogP contribution in [0.1, 0.15) is 12.8 Å². The third-order valence-electron chi connectivity index (χ3n) is 5.60. The average Bonchev–Trinajstić information content (AvgIpc) is 3.15. The van der Waals surface area contributed by atoms with Crippen molar-refractivity contribution in [2.24, 2.45) is 10.9 Å². The molecule has 0 radical (unpaired) electrons. The van der Waals surface area contributed by atoms with Crippen molar-refractivity contribution < 1.29 is 22.3 Å². The van der Waals surface area contributed by atoms with Gasteiger partial charge in [0.15, 0.2) is 4.80 Å². The van der Waals surface area contributed by atoms with Crippen LogP contribution in [-0.2, 0) is 21.4 Å². The number of hydrogen-bond donors (Lipinski definition) is 0. The van der Waals surface area contributed by atoms with Crippen molar-refractivity contribution in [3.05, 3.63) is 53.1 Å². The minimum Gasteiger partial charge on any atom is -0.497 e. The molecule has 10 heteroatoms. The summed E-state index contributed by atoms with van der Waals surface area (Å²) in [6, 6.07) is 10.3. The lowest BCUT2D eigenvalue weighted by Gasteiger charge is -2.29. The van der Waals surface area contributed by atoms with Gasteiger partial charge in [-0.2, -0.15) is 9.30 Å². The van der Waals surface area contributed by atoms with Gasteiger partial charge in [0, 0.05) is 19.0 Å². The largest absolute Gasteiger partial charge is 0.497 e. The van der Waals surface area contributed by atoms with E-state index in [0.29, 0.717) is 23.4 Å². The highest BCUT2D eigenvalue weighted by Gasteiger charge is 2.32. The first kappa shape index (κ1) is 23.2. The van der Waals surface area contributed by atoms with Crippen LogP contribution in [-0.4, -0.2) is 43.4 Å². The zero-order chi connectivity index (χ0) is 23.6. The lowest BCUT2D eigenvalue weighted by molar-refractivity contribution is -0.122. The summed E-state index contributed by atoms with van der Waals surface area (Å²) >= 11 is 1.35. The molecule has 0 unspecified atom stereocenters. The molecule has 7 nitrogen and oxygen atoms in total. The maximum absolute atomic E-state index is 13.1. The van der Waals surface area contributed by atoms with E-state index in [2.05, 4.69) is 10.9 Å². The van der Waals surface area contributed by atoms with Crippen LogP contribution in [0.5, 0.6) is 5.75 Å². The summed E-state index contributed by atoms with van der Waals surface area (Å²) in [5, 5.41) is 0. The van der Waals surface area contributed by atoms with E-state index >= 15 is 0 Å². The van der Waals surface area contributed by atoms with Crippen molar-refractivity contribution >= 4 is 37.5 Å². The summed E-state index contributed by atoms with van der Waals surface area (Å²) in [6.07, 6.45) is 6.24. The van der Waals surface area contributed by atoms with Crippen molar-refractivity contribution in [3.8, 4) is 18.1 Å². The van der Waals surface area contributed by atoms with Gasteiger partial charge in [0.05, 0.1) is 28.8 Å². The Balaban J connectivity index is 1.53. The summed E-state index contributed by atoms with van der Waals surface area (Å²) in [5.41, 5.74) is 0.866. The number of rotatable bonds is 5. The number of benzene rings is 2. The first-order chi connectivity index (χ1) is 15.8. The number of amides is 1. The molecule has 2 aromatic carbocycles. The third kappa shape index (κ3) is 4.71. The van der Waals surface area contributed by atoms with Crippen LogP contribution in [0.2, 0.25) is 0 Å². The van der Waals surface area contributed by atoms with Crippen LogP contribution in [0.15, 0.2) is 52.4 Å². The van der Waals surface area contributed by atoms with E-state index in [-0.39, 0.29) is 36.4 Å². The molecule has 0 bridgehead atoms. The average molecular weight is 488 g/mol. The van der Waals surface area contributed by atoms with Crippen molar-refractivity contribution in [2.45, 2.75) is 24.3 Å². The fourth-order valence-electron chi connectivity index (χ4n) is 3.79. The van der Waals surface area contributed by atoms with Crippen LogP contribution in [0.25, 0.3) is 10.2 Å². The predicted octanol–water partition coefficient (Wildman–Crippen LogP) is 3.01. The maximum atomic E-state index is 13.1. The summed E-state index contributed by atoms with van der Waals surface area (Å²) < 4.78 is 48.1. The predicted molar refractivity (Wildman–Crippen MR) is 124 cm³/mol. The lowest BCUT2D eigenvalue weighted by atomic mass is 9.98. The van der Waals surface area contributed by atoms with Gasteiger partial charge in [0.25, 0.3) is 5.91 Å². The number of thiazole rings is 1. The molecule has 2 heterocycles. The van der Waals surface area contributed by atoms with Gasteiger partial charge in [-0.3, -0.25) is 4.79 Å². The zero-order valence-electron chi connectivity index (χ0n) is 17.9. The van der Waals surface area contributed by atoms with Gasteiger partial charge in [-0.15, -0.1) is 6.42 Å². The Hall–Kier alpha value is -3.00. The molecule has 0 aliphatic carbocycles. The molecule has 33 heavy (non-hydrogen) atoms. The van der Waals surface area contributed by atoms with E-state index in [9.17, 15) is 17.6 Å². The SMILES string of the molecule is C#CCn1c(=NC(=O)C2CCN(S(=O)(=O)c3ccc(F)cc3)CC2)sc2cc(OC)ccc21. The molecule has 1 aliphatic rings. The Kier molecular flexibility index (Phi) is 6.65. The Morgan fingerprint density at radius 1 is 1.24 bits per heavy atom. The fourth-order valence-corrected chi connectivity index (χ4v) is 6.33. The minimum absolute atomic E-state index is 0.0365. The van der Waals surface area contributed by atoms with Crippen molar-refractivity contribution in [1.82, 2.24) is 8.87 Å². The van der Waals surface area contributed by atoms with Gasteiger partial charge in [-0.1, -0.05) is 17.3 Å². The number of fused-ring (bicyclic) bond motifs is 1. The van der Waals surface area contributed by atoms with Gasteiger partial charge >= 0.3 is 0 Å². The van der Waals surface area contributed by atoms with Crippen molar-refractivity contribution in [2.75, 3.05) is 20.2 Å². The monoisotopic (exact) mass is 487 g/mol. The number of carbonyl (C=O) groups is 1. The molecule has 0 spiro atoms. The molecule has 0 atom stereocenters. The van der Waals surface area contributed by atoms with Crippen LogP contribution < -0.4 is 9.54 Å². The number of sulfonamides is 1. The Morgan fingerprint density at radius 3 is 2.58 bits per heavy atom. The topological polar surface area (TPSA) is 81.0 Å². The standard InChI is InChI=1S/C23H22FN3O4S2/c1-3-12-27-20-9-6-18(31-2)15-21(20)32-23(27)25-22(28)16-10-13-26(14-11-16)33(29,30)19-7-4-17(24)5-8-19/h1,4-9,15-16H,10-14H2,2H3. The van der Waals surface area contributed by atoms with Crippen LogP contribution in [0.4, 0.5) is 4.39 Å². The third-order valence-corrected chi connectivity index (χ3v) is 8.55. The van der Waals surface area contributed by atoms with Crippen LogP contribution in [0.3, 0.4) is 0 Å². The van der Waals surface area contributed by atoms with Gasteiger partial charge in [-0.05, 0) is 55.3 Å². The second-order valence-corrected chi connectivity index (χ2v) is 10.5. The van der Waals surface area contributed by atoms with Crippen molar-refractivity contribution in [1.29, 1.82) is 0 Å². The normalized spacial score (nSPS) is 16.1. The molecule has 1 aromatic heterocycles. The van der Waals surface area contributed by atoms with E-state index in [1.54, 1.807) is 7.11 Å². The van der Waals surface area contributed by atoms with E-state index in [1.165, 1.54) is 27.8 Å². The number of nitrogens with zero attached hydrogens (tertiary/aromatic N) is 3. The number of aromatic nitrogens is 1. The molecule has 1 aliphatic heterocycles. The first-order valence-electron chi connectivity index (χ1n) is 10.3. The molecule has 3 aromatic rings. The molecule has 172 valence electrons. The highest BCUT2D eigenvalue weighted by Crippen LogP contribution is 2.26. The van der Waals surface area contributed by atoms with E-state index in [0.717, 1.165) is 22.3 Å². The Labute approximate surface area is 195 Å². The number of hydrogen-bond acceptors (Lipinski definition) is 5. The highest BCUT2D eigenvalue weighted by atomic mass is 32.2. The number of carbonyl (C=O) groups excluding carboxylic acids is 1. The summed E-state index contributed by atoms with van der Waals surface area (Å²) in [7, 11) is -2.15. The number of methoxy groups -OCH3 is 1. The molecule has 1 saturated heterocycles. The quantitative estimate of drug-likeness (QED) is 0.518. The van der Waals surface area contributed by atoms with E-state index in [4.69, 9.17) is 11.2 Å². The van der Waals surface area contributed by atoms with Crippen LogP contribution in [0, 0.1) is 24.1 Å². The molecule has 1 amide bonds. The number of piperidine rings is 1. The number of terminal acetylenes is 1.